The molecule has 0 spiro atoms. The first-order valence-electron chi connectivity index (χ1n) is 6.47. The molecule has 3 aromatic rings. The highest BCUT2D eigenvalue weighted by Crippen LogP contribution is 2.33. The Labute approximate surface area is 125 Å². The van der Waals surface area contributed by atoms with E-state index in [1.54, 1.807) is 12.1 Å². The standard InChI is InChI=1S/C15H14N4O3/c1-19-15(22)9-6-13(21)11(17)5-8(9)14(18-19)7-2-3-12(20)10(16)4-7/h2-6,20-21H,16-17H2,1H3. The average Bonchev–Trinajstić information content (AvgIpc) is 2.48. The molecule has 0 radical (unpaired) electrons. The normalized spacial score (nSPS) is 11.0. The molecule has 0 saturated heterocycles. The Hall–Kier alpha value is -3.22. The largest absolute Gasteiger partial charge is 0.506 e. The van der Waals surface area contributed by atoms with E-state index < -0.39 is 0 Å². The molecule has 7 heteroatoms. The van der Waals surface area contributed by atoms with Crippen molar-refractivity contribution in [3.8, 4) is 22.8 Å². The van der Waals surface area contributed by atoms with Crippen LogP contribution in [0.3, 0.4) is 0 Å². The maximum absolute atomic E-state index is 12.2. The number of anilines is 2. The maximum atomic E-state index is 12.2. The van der Waals surface area contributed by atoms with Gasteiger partial charge in [0.1, 0.15) is 11.5 Å². The summed E-state index contributed by atoms with van der Waals surface area (Å²) < 4.78 is 1.18. The third-order valence-corrected chi connectivity index (χ3v) is 3.50. The molecule has 6 N–H and O–H groups in total. The third kappa shape index (κ3) is 1.99. The van der Waals surface area contributed by atoms with Crippen molar-refractivity contribution in [1.29, 1.82) is 0 Å². The lowest BCUT2D eigenvalue weighted by atomic mass is 10.0. The molecule has 0 fully saturated rings. The smallest absolute Gasteiger partial charge is 0.274 e. The van der Waals surface area contributed by atoms with Crippen molar-refractivity contribution in [1.82, 2.24) is 9.78 Å². The topological polar surface area (TPSA) is 127 Å². The number of phenolic OH excluding ortho intramolecular Hbond substituents is 2. The Morgan fingerprint density at radius 1 is 1.00 bits per heavy atom. The quantitative estimate of drug-likeness (QED) is 0.394. The highest BCUT2D eigenvalue weighted by molar-refractivity contribution is 5.97. The Morgan fingerprint density at radius 2 is 1.68 bits per heavy atom. The molecule has 1 heterocycles. The van der Waals surface area contributed by atoms with Gasteiger partial charge >= 0.3 is 0 Å². The minimum absolute atomic E-state index is 0.0324. The first kappa shape index (κ1) is 13.7. The molecular formula is C15H14N4O3. The summed E-state index contributed by atoms with van der Waals surface area (Å²) in [6, 6.07) is 7.47. The molecule has 0 bridgehead atoms. The molecule has 0 aliphatic rings. The molecule has 7 nitrogen and oxygen atoms in total. The minimum atomic E-state index is -0.346. The number of hydrogen-bond acceptors (Lipinski definition) is 6. The van der Waals surface area contributed by atoms with E-state index in [0.717, 1.165) is 0 Å². The van der Waals surface area contributed by atoms with E-state index in [2.05, 4.69) is 5.10 Å². The van der Waals surface area contributed by atoms with Crippen LogP contribution >= 0.6 is 0 Å². The van der Waals surface area contributed by atoms with Crippen LogP contribution in [0.25, 0.3) is 22.0 Å². The maximum Gasteiger partial charge on any atom is 0.274 e. The van der Waals surface area contributed by atoms with Gasteiger partial charge in [0.15, 0.2) is 0 Å². The van der Waals surface area contributed by atoms with Gasteiger partial charge in [-0.15, -0.1) is 0 Å². The van der Waals surface area contributed by atoms with Gasteiger partial charge in [-0.2, -0.15) is 5.10 Å². The van der Waals surface area contributed by atoms with E-state index in [1.807, 2.05) is 0 Å². The molecule has 0 aliphatic heterocycles. The van der Waals surface area contributed by atoms with Crippen LogP contribution in [0.4, 0.5) is 11.4 Å². The van der Waals surface area contributed by atoms with Gasteiger partial charge in [-0.05, 0) is 30.3 Å². The van der Waals surface area contributed by atoms with E-state index in [4.69, 9.17) is 11.5 Å². The zero-order valence-electron chi connectivity index (χ0n) is 11.7. The van der Waals surface area contributed by atoms with Crippen molar-refractivity contribution in [3.63, 3.8) is 0 Å². The SMILES string of the molecule is Cn1nc(-c2ccc(O)c(N)c2)c2cc(N)c(O)cc2c1=O. The molecule has 112 valence electrons. The number of aromatic nitrogens is 2. The summed E-state index contributed by atoms with van der Waals surface area (Å²) >= 11 is 0. The van der Waals surface area contributed by atoms with Crippen LogP contribution in [0.15, 0.2) is 35.1 Å². The summed E-state index contributed by atoms with van der Waals surface area (Å²) in [5.74, 6) is -0.193. The summed E-state index contributed by atoms with van der Waals surface area (Å²) in [7, 11) is 1.52. The van der Waals surface area contributed by atoms with E-state index in [9.17, 15) is 15.0 Å². The molecule has 2 aromatic carbocycles. The predicted molar refractivity (Wildman–Crippen MR) is 84.6 cm³/mol. The van der Waals surface area contributed by atoms with Crippen molar-refractivity contribution >= 4 is 22.1 Å². The Balaban J connectivity index is 2.43. The molecule has 0 saturated carbocycles. The highest BCUT2D eigenvalue weighted by Gasteiger charge is 2.14. The summed E-state index contributed by atoms with van der Waals surface area (Å²) in [4.78, 5) is 12.2. The van der Waals surface area contributed by atoms with Gasteiger partial charge in [0, 0.05) is 18.0 Å². The first-order chi connectivity index (χ1) is 10.4. The zero-order valence-corrected chi connectivity index (χ0v) is 11.7. The zero-order chi connectivity index (χ0) is 16.0. The van der Waals surface area contributed by atoms with Crippen molar-refractivity contribution in [2.24, 2.45) is 7.05 Å². The fraction of sp³-hybridized carbons (Fsp3) is 0.0667. The number of nitrogens with zero attached hydrogens (tertiary/aromatic N) is 2. The second-order valence-electron chi connectivity index (χ2n) is 5.01. The number of phenols is 2. The van der Waals surface area contributed by atoms with Crippen molar-refractivity contribution in [3.05, 3.63) is 40.7 Å². The molecule has 22 heavy (non-hydrogen) atoms. The van der Waals surface area contributed by atoms with E-state index in [0.29, 0.717) is 22.0 Å². The molecule has 0 atom stereocenters. The lowest BCUT2D eigenvalue weighted by molar-refractivity contribution is 0.478. The van der Waals surface area contributed by atoms with E-state index in [-0.39, 0.29) is 28.4 Å². The number of nitrogens with two attached hydrogens (primary N) is 2. The summed E-state index contributed by atoms with van der Waals surface area (Å²) in [5.41, 5.74) is 12.5. The van der Waals surface area contributed by atoms with Gasteiger partial charge in [0.2, 0.25) is 0 Å². The molecule has 3 rings (SSSR count). The van der Waals surface area contributed by atoms with Crippen LogP contribution in [0.2, 0.25) is 0 Å². The summed E-state index contributed by atoms with van der Waals surface area (Å²) in [6.45, 7) is 0. The van der Waals surface area contributed by atoms with Crippen molar-refractivity contribution in [2.45, 2.75) is 0 Å². The van der Waals surface area contributed by atoms with Gasteiger partial charge < -0.3 is 21.7 Å². The van der Waals surface area contributed by atoms with Crippen LogP contribution in [-0.4, -0.2) is 20.0 Å². The Bertz CT molecular complexity index is 963. The number of aryl methyl sites for hydroxylation is 1. The van der Waals surface area contributed by atoms with Crippen LogP contribution < -0.4 is 17.0 Å². The van der Waals surface area contributed by atoms with Gasteiger partial charge in [0.05, 0.1) is 22.5 Å². The second kappa shape index (κ2) is 4.66. The monoisotopic (exact) mass is 298 g/mol. The first-order valence-corrected chi connectivity index (χ1v) is 6.47. The van der Waals surface area contributed by atoms with Gasteiger partial charge in [-0.1, -0.05) is 0 Å². The number of aromatic hydroxyl groups is 2. The summed E-state index contributed by atoms with van der Waals surface area (Å²) in [5, 5.41) is 24.3. The number of benzene rings is 2. The minimum Gasteiger partial charge on any atom is -0.506 e. The molecule has 0 amide bonds. The van der Waals surface area contributed by atoms with Gasteiger partial charge in [-0.3, -0.25) is 4.79 Å². The average molecular weight is 298 g/mol. The fourth-order valence-corrected chi connectivity index (χ4v) is 2.32. The Kier molecular flexibility index (Phi) is 2.91. The lowest BCUT2D eigenvalue weighted by Gasteiger charge is -2.11. The predicted octanol–water partition coefficient (Wildman–Crippen LogP) is 1.18. The van der Waals surface area contributed by atoms with Crippen LogP contribution in [0, 0.1) is 0 Å². The summed E-state index contributed by atoms with van der Waals surface area (Å²) in [6.07, 6.45) is 0. The highest BCUT2D eigenvalue weighted by atomic mass is 16.3. The number of hydrogen-bond donors (Lipinski definition) is 4. The number of fused-ring (bicyclic) bond motifs is 1. The molecule has 0 aliphatic carbocycles. The molecular weight excluding hydrogens is 284 g/mol. The van der Waals surface area contributed by atoms with Gasteiger partial charge in [0.25, 0.3) is 5.56 Å². The molecule has 0 unspecified atom stereocenters. The van der Waals surface area contributed by atoms with Crippen LogP contribution in [0.5, 0.6) is 11.5 Å². The third-order valence-electron chi connectivity index (χ3n) is 3.50. The van der Waals surface area contributed by atoms with Gasteiger partial charge in [-0.25, -0.2) is 4.68 Å². The van der Waals surface area contributed by atoms with Crippen molar-refractivity contribution in [2.75, 3.05) is 11.5 Å². The number of rotatable bonds is 1. The van der Waals surface area contributed by atoms with E-state index in [1.165, 1.54) is 29.9 Å². The van der Waals surface area contributed by atoms with E-state index >= 15 is 0 Å². The lowest BCUT2D eigenvalue weighted by Crippen LogP contribution is -2.20. The van der Waals surface area contributed by atoms with Crippen LogP contribution in [-0.2, 0) is 7.05 Å². The number of nitrogen functional groups attached to an aromatic ring is 2. The fourth-order valence-electron chi connectivity index (χ4n) is 2.32. The van der Waals surface area contributed by atoms with Crippen molar-refractivity contribution < 1.29 is 10.2 Å². The van der Waals surface area contributed by atoms with Crippen LogP contribution in [0.1, 0.15) is 0 Å². The Morgan fingerprint density at radius 3 is 2.36 bits per heavy atom. The molecule has 1 aromatic heterocycles. The second-order valence-corrected chi connectivity index (χ2v) is 5.01.